The van der Waals surface area contributed by atoms with E-state index in [4.69, 9.17) is 0 Å². The molecule has 4 rings (SSSR count). The van der Waals surface area contributed by atoms with Gasteiger partial charge in [0.2, 0.25) is 10.0 Å². The van der Waals surface area contributed by atoms with Crippen LogP contribution in [0, 0.1) is 23.7 Å². The molecular formula is C13H19NO3S. The van der Waals surface area contributed by atoms with Gasteiger partial charge in [-0.05, 0) is 55.8 Å². The van der Waals surface area contributed by atoms with Crippen molar-refractivity contribution < 1.29 is 13.2 Å². The fraction of sp³-hybridized carbons (Fsp3) is 0.769. The molecule has 0 saturated heterocycles. The number of nitrogens with one attached hydrogen (secondary N) is 1. The van der Waals surface area contributed by atoms with Crippen molar-refractivity contribution >= 4 is 15.9 Å². The molecule has 4 aliphatic rings. The summed E-state index contributed by atoms with van der Waals surface area (Å²) in [7, 11) is -3.44. The van der Waals surface area contributed by atoms with Gasteiger partial charge < -0.3 is 0 Å². The van der Waals surface area contributed by atoms with Crippen molar-refractivity contribution in [3.63, 3.8) is 0 Å². The van der Waals surface area contributed by atoms with Crippen molar-refractivity contribution in [3.8, 4) is 0 Å². The molecule has 0 spiro atoms. The molecule has 0 aromatic carbocycles. The Morgan fingerprint density at radius 2 is 1.61 bits per heavy atom. The smallest absolute Gasteiger partial charge is 0.257 e. The summed E-state index contributed by atoms with van der Waals surface area (Å²) in [5.74, 6) is 2.29. The summed E-state index contributed by atoms with van der Waals surface area (Å²) >= 11 is 0. The number of carbonyl (C=O) groups is 1. The molecule has 4 bridgehead atoms. The van der Waals surface area contributed by atoms with E-state index in [0.29, 0.717) is 11.8 Å². The van der Waals surface area contributed by atoms with Gasteiger partial charge in [-0.2, -0.15) is 0 Å². The number of carbonyl (C=O) groups excluding carboxylic acids is 1. The van der Waals surface area contributed by atoms with Crippen LogP contribution >= 0.6 is 0 Å². The van der Waals surface area contributed by atoms with Gasteiger partial charge in [0.15, 0.2) is 0 Å². The van der Waals surface area contributed by atoms with Gasteiger partial charge in [-0.3, -0.25) is 4.79 Å². The molecule has 1 N–H and O–H groups in total. The average Bonchev–Trinajstić information content (AvgIpc) is 2.19. The molecule has 0 unspecified atom stereocenters. The Morgan fingerprint density at radius 1 is 1.11 bits per heavy atom. The van der Waals surface area contributed by atoms with E-state index in [0.717, 1.165) is 18.1 Å². The standard InChI is InChI=1S/C13H19NO3S/c1-18(16,17)14-13(15)7-12-10-3-8-2-9(5-10)6-11(12)4-8/h7-11H,2-6H2,1H3,(H,14,15). The third-order valence-electron chi connectivity index (χ3n) is 4.66. The van der Waals surface area contributed by atoms with E-state index < -0.39 is 15.9 Å². The quantitative estimate of drug-likeness (QED) is 0.772. The summed E-state index contributed by atoms with van der Waals surface area (Å²) in [5.41, 5.74) is 1.21. The van der Waals surface area contributed by atoms with Crippen LogP contribution in [0.1, 0.15) is 32.1 Å². The van der Waals surface area contributed by atoms with E-state index in [-0.39, 0.29) is 0 Å². The van der Waals surface area contributed by atoms with E-state index in [9.17, 15) is 13.2 Å². The van der Waals surface area contributed by atoms with Gasteiger partial charge in [0.05, 0.1) is 6.26 Å². The maximum absolute atomic E-state index is 11.7. The molecule has 18 heavy (non-hydrogen) atoms. The molecule has 5 heteroatoms. The first-order valence-electron chi connectivity index (χ1n) is 6.64. The minimum absolute atomic E-state index is 0.472. The fourth-order valence-corrected chi connectivity index (χ4v) is 4.75. The summed E-state index contributed by atoms with van der Waals surface area (Å²) in [4.78, 5) is 11.7. The lowest BCUT2D eigenvalue weighted by Crippen LogP contribution is -2.41. The highest BCUT2D eigenvalue weighted by molar-refractivity contribution is 7.89. The van der Waals surface area contributed by atoms with Gasteiger partial charge in [0.1, 0.15) is 0 Å². The van der Waals surface area contributed by atoms with Crippen LogP contribution in [0.15, 0.2) is 11.6 Å². The Labute approximate surface area is 108 Å². The van der Waals surface area contributed by atoms with Crippen LogP contribution in [-0.4, -0.2) is 20.6 Å². The van der Waals surface area contributed by atoms with E-state index in [2.05, 4.69) is 0 Å². The highest BCUT2D eigenvalue weighted by Gasteiger charge is 2.45. The Balaban J connectivity index is 1.78. The SMILES string of the molecule is CS(=O)(=O)NC(=O)C=C1C2CC3CC(C2)CC1C3. The molecule has 1 amide bonds. The molecule has 4 nitrogen and oxygen atoms in total. The number of rotatable bonds is 2. The second-order valence-corrected chi connectivity index (χ2v) is 7.94. The lowest BCUT2D eigenvalue weighted by Gasteiger charge is -2.51. The summed E-state index contributed by atoms with van der Waals surface area (Å²) in [5, 5.41) is 0. The molecule has 0 atom stereocenters. The van der Waals surface area contributed by atoms with Crippen LogP contribution in [0.3, 0.4) is 0 Å². The molecule has 0 aromatic rings. The summed E-state index contributed by atoms with van der Waals surface area (Å²) in [6, 6.07) is 0. The summed E-state index contributed by atoms with van der Waals surface area (Å²) in [6.45, 7) is 0. The molecule has 0 radical (unpaired) electrons. The van der Waals surface area contributed by atoms with E-state index in [1.807, 2.05) is 4.72 Å². The maximum atomic E-state index is 11.7. The zero-order chi connectivity index (χ0) is 12.9. The van der Waals surface area contributed by atoms with Crippen molar-refractivity contribution in [2.45, 2.75) is 32.1 Å². The summed E-state index contributed by atoms with van der Waals surface area (Å²) < 4.78 is 24.1. The Hall–Kier alpha value is -0.840. The van der Waals surface area contributed by atoms with Gasteiger partial charge in [0.25, 0.3) is 5.91 Å². The van der Waals surface area contributed by atoms with Crippen molar-refractivity contribution in [3.05, 3.63) is 11.6 Å². The molecule has 4 aliphatic carbocycles. The average molecular weight is 269 g/mol. The van der Waals surface area contributed by atoms with Gasteiger partial charge in [0, 0.05) is 6.08 Å². The second kappa shape index (κ2) is 4.08. The monoisotopic (exact) mass is 269 g/mol. The molecule has 100 valence electrons. The lowest BCUT2D eigenvalue weighted by atomic mass is 9.54. The molecule has 4 saturated carbocycles. The van der Waals surface area contributed by atoms with E-state index >= 15 is 0 Å². The van der Waals surface area contributed by atoms with Crippen molar-refractivity contribution in [2.24, 2.45) is 23.7 Å². The van der Waals surface area contributed by atoms with Crippen molar-refractivity contribution in [2.75, 3.05) is 6.26 Å². The predicted octanol–water partition coefficient (Wildman–Crippen LogP) is 1.44. The Morgan fingerprint density at radius 3 is 2.06 bits per heavy atom. The van der Waals surface area contributed by atoms with Gasteiger partial charge >= 0.3 is 0 Å². The fourth-order valence-electron chi connectivity index (χ4n) is 4.33. The molecule has 0 heterocycles. The predicted molar refractivity (Wildman–Crippen MR) is 68.1 cm³/mol. The van der Waals surface area contributed by atoms with Crippen LogP contribution in [0.5, 0.6) is 0 Å². The maximum Gasteiger partial charge on any atom is 0.257 e. The van der Waals surface area contributed by atoms with Gasteiger partial charge in [-0.15, -0.1) is 0 Å². The first-order valence-corrected chi connectivity index (χ1v) is 8.53. The topological polar surface area (TPSA) is 63.2 Å². The molecular weight excluding hydrogens is 250 g/mol. The summed E-state index contributed by atoms with van der Waals surface area (Å²) in [6.07, 6.45) is 8.75. The largest absolute Gasteiger partial charge is 0.269 e. The Kier molecular flexibility index (Phi) is 2.77. The number of hydrogen-bond acceptors (Lipinski definition) is 3. The van der Waals surface area contributed by atoms with Crippen molar-refractivity contribution in [1.29, 1.82) is 0 Å². The first-order chi connectivity index (χ1) is 8.40. The van der Waals surface area contributed by atoms with Crippen LogP contribution in [0.25, 0.3) is 0 Å². The van der Waals surface area contributed by atoms with Crippen LogP contribution in [0.4, 0.5) is 0 Å². The number of amides is 1. The van der Waals surface area contributed by atoms with E-state index in [1.165, 1.54) is 37.7 Å². The zero-order valence-corrected chi connectivity index (χ0v) is 11.4. The number of allylic oxidation sites excluding steroid dienone is 1. The number of hydrogen-bond donors (Lipinski definition) is 1. The van der Waals surface area contributed by atoms with Crippen LogP contribution < -0.4 is 4.72 Å². The third kappa shape index (κ3) is 2.32. The van der Waals surface area contributed by atoms with Crippen LogP contribution in [0.2, 0.25) is 0 Å². The normalized spacial score (nSPS) is 37.7. The van der Waals surface area contributed by atoms with Gasteiger partial charge in [-0.1, -0.05) is 5.57 Å². The molecule has 4 fully saturated rings. The molecule has 0 aliphatic heterocycles. The van der Waals surface area contributed by atoms with E-state index in [1.54, 1.807) is 6.08 Å². The van der Waals surface area contributed by atoms with Crippen LogP contribution in [-0.2, 0) is 14.8 Å². The second-order valence-electron chi connectivity index (χ2n) is 6.19. The highest BCUT2D eigenvalue weighted by atomic mass is 32.2. The van der Waals surface area contributed by atoms with Gasteiger partial charge in [-0.25, -0.2) is 13.1 Å². The minimum Gasteiger partial charge on any atom is -0.269 e. The third-order valence-corrected chi connectivity index (χ3v) is 5.24. The lowest BCUT2D eigenvalue weighted by molar-refractivity contribution is -0.115. The zero-order valence-electron chi connectivity index (χ0n) is 10.6. The first kappa shape index (κ1) is 12.2. The minimum atomic E-state index is -3.44. The molecule has 0 aromatic heterocycles. The number of sulfonamides is 1. The van der Waals surface area contributed by atoms with Crippen molar-refractivity contribution in [1.82, 2.24) is 4.72 Å². The Bertz CT molecular complexity index is 476. The highest BCUT2D eigenvalue weighted by Crippen LogP contribution is 2.56.